The van der Waals surface area contributed by atoms with Crippen molar-refractivity contribution in [1.29, 1.82) is 0 Å². The first kappa shape index (κ1) is 44.6. The predicted octanol–water partition coefficient (Wildman–Crippen LogP) is 14.6. The molecule has 0 bridgehead atoms. The first-order valence-electron chi connectivity index (χ1n) is 20.4. The quantitative estimate of drug-likeness (QED) is 0.0692. The maximum atomic E-state index is 12.2. The number of hydrogen-bond acceptors (Lipinski definition) is 3. The summed E-state index contributed by atoms with van der Waals surface area (Å²) in [6, 6.07) is 20.3. The number of thiophene rings is 1. The Kier molecular flexibility index (Phi) is 13.9. The fraction of sp³-hybridized carbons (Fsp3) is 0.480. The van der Waals surface area contributed by atoms with E-state index in [1.165, 1.54) is 79.5 Å². The molecule has 5 aromatic rings. The van der Waals surface area contributed by atoms with Gasteiger partial charge in [0.1, 0.15) is 5.76 Å². The number of pyridine rings is 1. The van der Waals surface area contributed by atoms with Gasteiger partial charge in [-0.1, -0.05) is 124 Å². The number of aliphatic hydroxyl groups is 1. The number of ketones is 1. The van der Waals surface area contributed by atoms with Crippen LogP contribution in [0.4, 0.5) is 0 Å². The first-order valence-corrected chi connectivity index (χ1v) is 21.2. The van der Waals surface area contributed by atoms with E-state index in [0.717, 1.165) is 31.2 Å². The van der Waals surface area contributed by atoms with Crippen molar-refractivity contribution >= 4 is 48.1 Å². The van der Waals surface area contributed by atoms with Crippen molar-refractivity contribution in [2.75, 3.05) is 0 Å². The van der Waals surface area contributed by atoms with E-state index >= 15 is 0 Å². The maximum Gasteiger partial charge on any atom is 0.164 e. The van der Waals surface area contributed by atoms with E-state index in [1.54, 1.807) is 5.56 Å². The Bertz CT molecular complexity index is 2160. The minimum Gasteiger partial charge on any atom is -0.512 e. The van der Waals surface area contributed by atoms with Gasteiger partial charge in [0.2, 0.25) is 0 Å². The summed E-state index contributed by atoms with van der Waals surface area (Å²) >= 11 is 1.96. The molecule has 1 aliphatic rings. The monoisotopic (exact) mass is 937 g/mol. The van der Waals surface area contributed by atoms with Gasteiger partial charge in [0.25, 0.3) is 0 Å². The second-order valence-corrected chi connectivity index (χ2v) is 19.3. The van der Waals surface area contributed by atoms with Crippen molar-refractivity contribution in [2.45, 2.75) is 139 Å². The number of carbonyl (C=O) groups is 1. The molecular weight excluding hydrogens is 871 g/mol. The molecule has 3 aromatic carbocycles. The molecule has 1 fully saturated rings. The van der Waals surface area contributed by atoms with Gasteiger partial charge >= 0.3 is 0 Å². The molecule has 1 N–H and O–H groups in total. The normalized spacial score (nSPS) is 15.5. The van der Waals surface area contributed by atoms with Gasteiger partial charge in [0.15, 0.2) is 5.78 Å². The SMILES string of the molecule is CCC(C)(CC)C(=O)/C=C(\O)C(C)(CC)CC.[CH2-]c1c(-c2c3sc4c(C5CCC(C)(C)CC5)cccc4c3cc[n+]2[CH2-])cc(C(C)(C)C)c2ccccc12.[Ir]. The van der Waals surface area contributed by atoms with Crippen LogP contribution < -0.4 is 4.57 Å². The Morgan fingerprint density at radius 2 is 1.38 bits per heavy atom. The van der Waals surface area contributed by atoms with Crippen molar-refractivity contribution in [2.24, 2.45) is 16.2 Å². The van der Waals surface area contributed by atoms with Gasteiger partial charge in [-0.25, -0.2) is 0 Å². The number of carbonyl (C=O) groups excluding carboxylic acids is 1. The topological polar surface area (TPSA) is 41.2 Å². The Hall–Kier alpha value is -3.11. The molecule has 0 unspecified atom stereocenters. The number of benzene rings is 3. The van der Waals surface area contributed by atoms with Gasteiger partial charge in [-0.15, -0.1) is 34.4 Å². The Morgan fingerprint density at radius 3 is 1.95 bits per heavy atom. The third kappa shape index (κ3) is 8.90. The summed E-state index contributed by atoms with van der Waals surface area (Å²) in [5.41, 5.74) is 6.24. The molecule has 299 valence electrons. The molecule has 3 nitrogen and oxygen atoms in total. The van der Waals surface area contributed by atoms with Crippen LogP contribution in [0.2, 0.25) is 0 Å². The van der Waals surface area contributed by atoms with Crippen LogP contribution in [0.15, 0.2) is 72.6 Å². The maximum absolute atomic E-state index is 12.2. The molecule has 0 aliphatic heterocycles. The fourth-order valence-corrected chi connectivity index (χ4v) is 9.59. The average Bonchev–Trinajstić information content (AvgIpc) is 3.53. The summed E-state index contributed by atoms with van der Waals surface area (Å²) in [4.78, 5) is 12.2. The zero-order valence-electron chi connectivity index (χ0n) is 35.5. The molecule has 0 spiro atoms. The second kappa shape index (κ2) is 17.2. The van der Waals surface area contributed by atoms with Crippen LogP contribution in [0.3, 0.4) is 0 Å². The van der Waals surface area contributed by atoms with Crippen LogP contribution in [-0.2, 0) is 30.3 Å². The molecule has 6 rings (SSSR count). The fourth-order valence-electron chi connectivity index (χ4n) is 8.13. The van der Waals surface area contributed by atoms with Gasteiger partial charge in [0.05, 0.1) is 11.9 Å². The van der Waals surface area contributed by atoms with E-state index in [1.807, 2.05) is 52.9 Å². The van der Waals surface area contributed by atoms with E-state index in [9.17, 15) is 9.90 Å². The minimum absolute atomic E-state index is 0. The molecule has 1 aliphatic carbocycles. The second-order valence-electron chi connectivity index (χ2n) is 18.3. The molecule has 2 heterocycles. The van der Waals surface area contributed by atoms with E-state index < -0.39 is 0 Å². The zero-order valence-corrected chi connectivity index (χ0v) is 38.8. The summed E-state index contributed by atoms with van der Waals surface area (Å²) < 4.78 is 4.83. The van der Waals surface area contributed by atoms with Crippen LogP contribution in [0.5, 0.6) is 0 Å². The molecule has 5 heteroatoms. The van der Waals surface area contributed by atoms with Crippen molar-refractivity contribution in [3.05, 3.63) is 103 Å². The number of allylic oxidation sites excluding steroid dienone is 2. The van der Waals surface area contributed by atoms with Gasteiger partial charge in [-0.3, -0.25) is 4.79 Å². The van der Waals surface area contributed by atoms with Gasteiger partial charge in [-0.2, -0.15) is 12.5 Å². The molecule has 1 saturated carbocycles. The number of aromatic nitrogens is 1. The van der Waals surface area contributed by atoms with Crippen molar-refractivity contribution in [1.82, 2.24) is 0 Å². The van der Waals surface area contributed by atoms with Crippen LogP contribution in [0, 0.1) is 30.2 Å². The van der Waals surface area contributed by atoms with Crippen molar-refractivity contribution in [3.8, 4) is 11.3 Å². The Morgan fingerprint density at radius 1 is 0.836 bits per heavy atom. The number of nitrogens with zero attached hydrogens (tertiary/aromatic N) is 1. The summed E-state index contributed by atoms with van der Waals surface area (Å²) in [5.74, 6) is 0.936. The Labute approximate surface area is 350 Å². The standard InChI is InChI=1S/C35H38NS.C15H28O2.Ir/c1-22-24-11-8-9-12-26(24)30(34(2,3)4)21-29(22)31-33-28(17-20-36(31)7)27-14-10-13-25(32(27)37-33)23-15-18-35(5,6)19-16-23;1-7-14(5,8-2)12(16)11-13(17)15(6,9-3)10-4;/h8-14,17,20-21,23H,1,7,15-16,18-19H2,2-6H3;11,16H,7-10H2,1-6H3;/q-1;;/b;12-11-;. The largest absolute Gasteiger partial charge is 0.512 e. The van der Waals surface area contributed by atoms with Crippen LogP contribution in [0.1, 0.15) is 150 Å². The summed E-state index contributed by atoms with van der Waals surface area (Å²) in [7, 11) is 4.45. The Balaban J connectivity index is 0.000000320. The van der Waals surface area contributed by atoms with E-state index in [-0.39, 0.29) is 47.9 Å². The van der Waals surface area contributed by atoms with Crippen LogP contribution in [-0.4, -0.2) is 10.9 Å². The molecular formula is C50H66IrNO2S-. The first-order chi connectivity index (χ1) is 25.3. The van der Waals surface area contributed by atoms with Crippen molar-refractivity contribution in [3.63, 3.8) is 0 Å². The van der Waals surface area contributed by atoms with Crippen LogP contribution >= 0.6 is 11.3 Å². The molecule has 0 amide bonds. The molecule has 0 atom stereocenters. The van der Waals surface area contributed by atoms with E-state index in [2.05, 4.69) is 114 Å². The number of hydrogen-bond donors (Lipinski definition) is 1. The third-order valence-corrected chi connectivity index (χ3v) is 14.6. The van der Waals surface area contributed by atoms with Crippen molar-refractivity contribution < 1.29 is 34.6 Å². The minimum atomic E-state index is -0.337. The molecule has 55 heavy (non-hydrogen) atoms. The zero-order chi connectivity index (χ0) is 39.8. The summed E-state index contributed by atoms with van der Waals surface area (Å²) in [6.07, 6.45) is 12.1. The third-order valence-electron chi connectivity index (χ3n) is 13.3. The summed E-state index contributed by atoms with van der Waals surface area (Å²) in [5, 5.41) is 15.4. The van der Waals surface area contributed by atoms with Gasteiger partial charge < -0.3 is 9.67 Å². The van der Waals surface area contributed by atoms with Crippen LogP contribution in [0.25, 0.3) is 42.2 Å². The molecule has 2 aromatic heterocycles. The number of aliphatic hydroxyl groups excluding tert-OH is 1. The molecule has 0 saturated heterocycles. The summed E-state index contributed by atoms with van der Waals surface area (Å²) in [6.45, 7) is 28.5. The van der Waals surface area contributed by atoms with E-state index in [4.69, 9.17) is 0 Å². The smallest absolute Gasteiger partial charge is 0.164 e. The number of fused-ring (bicyclic) bond motifs is 4. The number of rotatable bonds is 9. The van der Waals surface area contributed by atoms with Gasteiger partial charge in [0, 0.05) is 53.5 Å². The van der Waals surface area contributed by atoms with Gasteiger partial charge in [-0.05, 0) is 90.5 Å². The molecule has 1 radical (unpaired) electrons. The predicted molar refractivity (Wildman–Crippen MR) is 234 cm³/mol. The average molecular weight is 937 g/mol. The van der Waals surface area contributed by atoms with E-state index in [0.29, 0.717) is 11.3 Å².